The molecule has 2 aromatic carbocycles. The fraction of sp³-hybridized carbons (Fsp3) is 0.434. The van der Waals surface area contributed by atoms with Crippen LogP contribution in [0, 0.1) is 12.8 Å². The number of carbonyl (C=O) groups excluding carboxylic acids is 3. The van der Waals surface area contributed by atoms with Crippen LogP contribution >= 0.6 is 11.6 Å². The molecule has 12 heteroatoms. The second-order valence-corrected chi connectivity index (χ2v) is 18.9. The summed E-state index contributed by atoms with van der Waals surface area (Å²) < 4.78 is 0. The third-order valence-corrected chi connectivity index (χ3v) is 14.6. The molecule has 5 aliphatic rings. The summed E-state index contributed by atoms with van der Waals surface area (Å²) in [4.78, 5) is 62.1. The van der Waals surface area contributed by atoms with Gasteiger partial charge in [-0.05, 0) is 121 Å². The van der Waals surface area contributed by atoms with E-state index in [2.05, 4.69) is 64.2 Å². The van der Waals surface area contributed by atoms with Gasteiger partial charge in [-0.25, -0.2) is 0 Å². The molecule has 0 bridgehead atoms. The summed E-state index contributed by atoms with van der Waals surface area (Å²) in [6.07, 6.45) is 14.2. The number of fused-ring (bicyclic) bond motifs is 4. The van der Waals surface area contributed by atoms with Gasteiger partial charge < -0.3 is 14.7 Å². The lowest BCUT2D eigenvalue weighted by atomic mass is 9.92. The number of carbonyl (C=O) groups is 3. The largest absolute Gasteiger partial charge is 0.343 e. The zero-order valence-corrected chi connectivity index (χ0v) is 38.6. The first-order valence-corrected chi connectivity index (χ1v) is 24.0. The van der Waals surface area contributed by atoms with Crippen LogP contribution in [0.25, 0.3) is 0 Å². The maximum absolute atomic E-state index is 13.1. The normalized spacial score (nSPS) is 20.2. The van der Waals surface area contributed by atoms with Gasteiger partial charge in [0, 0.05) is 109 Å². The van der Waals surface area contributed by atoms with Gasteiger partial charge in [0.2, 0.25) is 17.7 Å². The molecular formula is C53H61ClN8O3. The van der Waals surface area contributed by atoms with Crippen molar-refractivity contribution in [3.63, 3.8) is 0 Å². The molecule has 11 nitrogen and oxygen atoms in total. The average molecular weight is 894 g/mol. The Labute approximate surface area is 388 Å². The topological polar surface area (TPSA) is 106 Å². The summed E-state index contributed by atoms with van der Waals surface area (Å²) >= 11 is 6.34. The molecule has 65 heavy (non-hydrogen) atoms. The highest BCUT2D eigenvalue weighted by atomic mass is 35.5. The number of piperidine rings is 1. The molecule has 3 amide bonds. The minimum atomic E-state index is 0.0964. The fourth-order valence-electron chi connectivity index (χ4n) is 10.7. The molecule has 0 saturated carbocycles. The van der Waals surface area contributed by atoms with Crippen LogP contribution in [0.4, 0.5) is 0 Å². The van der Waals surface area contributed by atoms with Crippen molar-refractivity contribution in [1.82, 2.24) is 39.5 Å². The zero-order valence-electron chi connectivity index (χ0n) is 37.9. The Bertz CT molecular complexity index is 2480. The van der Waals surface area contributed by atoms with Gasteiger partial charge in [-0.3, -0.25) is 39.1 Å². The molecule has 0 unspecified atom stereocenters. The number of pyridine rings is 3. The summed E-state index contributed by atoms with van der Waals surface area (Å²) in [5.74, 6) is 0.963. The summed E-state index contributed by atoms with van der Waals surface area (Å²) in [6.45, 7) is 11.7. The van der Waals surface area contributed by atoms with Crippen LogP contribution in [0.1, 0.15) is 94.2 Å². The number of nitrogens with zero attached hydrogens (tertiary/aromatic N) is 8. The molecule has 2 aliphatic carbocycles. The van der Waals surface area contributed by atoms with Crippen LogP contribution in [-0.4, -0.2) is 123 Å². The minimum Gasteiger partial charge on any atom is -0.343 e. The van der Waals surface area contributed by atoms with E-state index in [4.69, 9.17) is 21.6 Å². The van der Waals surface area contributed by atoms with Crippen LogP contribution < -0.4 is 0 Å². The number of amides is 3. The summed E-state index contributed by atoms with van der Waals surface area (Å²) in [5, 5.41) is 0.779. The smallest absolute Gasteiger partial charge is 0.227 e. The SMILES string of the molecule is CC(=O)N1CCC(CC(=O)N2CCN([C@H]3c4ccc(Cl)cc4CCc4cccnc43)CC2)CC1.Cc1ccc2c(c1)CCc1cccnc1[C@H]2N1CCN(C(=O)Cc2cccnc2)CC1. The molecule has 0 N–H and O–H groups in total. The van der Waals surface area contributed by atoms with Crippen molar-refractivity contribution in [3.05, 3.63) is 159 Å². The molecule has 0 spiro atoms. The van der Waals surface area contributed by atoms with Crippen LogP contribution in [0.3, 0.4) is 0 Å². The van der Waals surface area contributed by atoms with E-state index >= 15 is 0 Å². The van der Waals surface area contributed by atoms with E-state index in [0.717, 1.165) is 120 Å². The van der Waals surface area contributed by atoms with Crippen LogP contribution in [0.15, 0.2) is 97.6 Å². The van der Waals surface area contributed by atoms with Gasteiger partial charge in [0.1, 0.15) is 0 Å². The zero-order chi connectivity index (χ0) is 44.9. The van der Waals surface area contributed by atoms with Crippen molar-refractivity contribution in [3.8, 4) is 0 Å². The minimum absolute atomic E-state index is 0.0964. The molecule has 10 rings (SSSR count). The van der Waals surface area contributed by atoms with Gasteiger partial charge in [0.05, 0.1) is 29.9 Å². The number of piperazine rings is 2. The highest BCUT2D eigenvalue weighted by Crippen LogP contribution is 2.39. The molecule has 338 valence electrons. The maximum atomic E-state index is 13.1. The lowest BCUT2D eigenvalue weighted by Crippen LogP contribution is -2.50. The predicted octanol–water partition coefficient (Wildman–Crippen LogP) is 7.08. The summed E-state index contributed by atoms with van der Waals surface area (Å²) in [7, 11) is 0. The van der Waals surface area contributed by atoms with Crippen molar-refractivity contribution in [2.75, 3.05) is 65.4 Å². The first-order valence-electron chi connectivity index (χ1n) is 23.6. The number of rotatable bonds is 6. The van der Waals surface area contributed by atoms with E-state index in [1.807, 2.05) is 57.4 Å². The third-order valence-electron chi connectivity index (χ3n) is 14.4. The standard InChI is InChI=1S/C27H33ClN4O2.C26H28N4O/c1-19(33)30-11-8-20(9-12-30)17-25(34)31-13-15-32(16-14-31)27-24-7-6-23(28)18-22(24)5-4-21-3-2-10-29-26(21)27;1-19-6-9-23-22(16-19)8-7-21-5-3-11-28-25(21)26(23)30-14-12-29(13-15-30)24(31)17-20-4-2-10-27-18-20/h2-3,6-7,10,18,20,27H,4-5,8-9,11-17H2,1H3;2-6,9-11,16,18,26H,7-8,12-15,17H2,1H3/t27-;26-/m00/s1. The van der Waals surface area contributed by atoms with Crippen molar-refractivity contribution < 1.29 is 14.4 Å². The number of aryl methyl sites for hydroxylation is 5. The Balaban J connectivity index is 0.000000165. The predicted molar refractivity (Wildman–Crippen MR) is 253 cm³/mol. The molecule has 0 radical (unpaired) electrons. The van der Waals surface area contributed by atoms with E-state index in [9.17, 15) is 14.4 Å². The number of likely N-dealkylation sites (tertiary alicyclic amines) is 1. The number of aromatic nitrogens is 3. The average Bonchev–Trinajstić information content (AvgIpc) is 3.60. The van der Waals surface area contributed by atoms with Crippen molar-refractivity contribution in [1.29, 1.82) is 0 Å². The Kier molecular flexibility index (Phi) is 14.0. The number of hydrogen-bond acceptors (Lipinski definition) is 8. The number of benzene rings is 2. The first kappa shape index (κ1) is 44.7. The van der Waals surface area contributed by atoms with Crippen molar-refractivity contribution in [2.24, 2.45) is 5.92 Å². The molecular weight excluding hydrogens is 832 g/mol. The van der Waals surface area contributed by atoms with E-state index < -0.39 is 0 Å². The Morgan fingerprint density at radius 1 is 0.600 bits per heavy atom. The van der Waals surface area contributed by atoms with Gasteiger partial charge >= 0.3 is 0 Å². The quantitative estimate of drug-likeness (QED) is 0.178. The van der Waals surface area contributed by atoms with Gasteiger partial charge in [0.25, 0.3) is 0 Å². The fourth-order valence-corrected chi connectivity index (χ4v) is 10.9. The Morgan fingerprint density at radius 2 is 1.14 bits per heavy atom. The van der Waals surface area contributed by atoms with Crippen LogP contribution in [-0.2, 0) is 46.5 Å². The Hall–Kier alpha value is -5.49. The van der Waals surface area contributed by atoms with Crippen LogP contribution in [0.2, 0.25) is 5.02 Å². The van der Waals surface area contributed by atoms with E-state index in [-0.39, 0.29) is 29.8 Å². The monoisotopic (exact) mass is 892 g/mol. The van der Waals surface area contributed by atoms with E-state index in [1.165, 1.54) is 44.6 Å². The molecule has 2 atom stereocenters. The molecule has 5 aromatic rings. The van der Waals surface area contributed by atoms with Crippen LogP contribution in [0.5, 0.6) is 0 Å². The van der Waals surface area contributed by atoms with Gasteiger partial charge in [-0.15, -0.1) is 0 Å². The van der Waals surface area contributed by atoms with E-state index in [1.54, 1.807) is 19.3 Å². The lowest BCUT2D eigenvalue weighted by molar-refractivity contribution is -0.135. The molecule has 3 aromatic heterocycles. The van der Waals surface area contributed by atoms with Crippen molar-refractivity contribution >= 4 is 29.3 Å². The second-order valence-electron chi connectivity index (χ2n) is 18.5. The number of halogens is 1. The summed E-state index contributed by atoms with van der Waals surface area (Å²) in [6, 6.07) is 25.7. The highest BCUT2D eigenvalue weighted by Gasteiger charge is 2.35. The molecule has 3 saturated heterocycles. The summed E-state index contributed by atoms with van der Waals surface area (Å²) in [5.41, 5.74) is 12.6. The lowest BCUT2D eigenvalue weighted by Gasteiger charge is -2.40. The van der Waals surface area contributed by atoms with Crippen molar-refractivity contribution in [2.45, 2.75) is 77.3 Å². The molecule has 3 fully saturated rings. The first-order chi connectivity index (χ1) is 31.7. The van der Waals surface area contributed by atoms with Gasteiger partial charge in [-0.2, -0.15) is 0 Å². The molecule has 3 aliphatic heterocycles. The maximum Gasteiger partial charge on any atom is 0.227 e. The van der Waals surface area contributed by atoms with Gasteiger partial charge in [0.15, 0.2) is 0 Å². The second kappa shape index (κ2) is 20.4. The van der Waals surface area contributed by atoms with E-state index in [0.29, 0.717) is 18.8 Å². The molecule has 6 heterocycles. The number of hydrogen-bond donors (Lipinski definition) is 0. The highest BCUT2D eigenvalue weighted by molar-refractivity contribution is 6.30. The van der Waals surface area contributed by atoms with Gasteiger partial charge in [-0.1, -0.05) is 59.6 Å². The Morgan fingerprint density at radius 3 is 1.71 bits per heavy atom. The third kappa shape index (κ3) is 10.3.